The van der Waals surface area contributed by atoms with E-state index in [9.17, 15) is 4.79 Å². The van der Waals surface area contributed by atoms with Gasteiger partial charge in [-0.25, -0.2) is 0 Å². The molecule has 1 heterocycles. The lowest BCUT2D eigenvalue weighted by Gasteiger charge is -2.30. The summed E-state index contributed by atoms with van der Waals surface area (Å²) in [5.41, 5.74) is -0.645. The van der Waals surface area contributed by atoms with Gasteiger partial charge in [0, 0.05) is 10.1 Å². The van der Waals surface area contributed by atoms with Gasteiger partial charge in [-0.15, -0.1) is 11.8 Å². The van der Waals surface area contributed by atoms with Crippen molar-refractivity contribution in [2.24, 2.45) is 0 Å². The van der Waals surface area contributed by atoms with Crippen molar-refractivity contribution in [2.45, 2.75) is 49.8 Å². The van der Waals surface area contributed by atoms with Crippen LogP contribution in [0.1, 0.15) is 33.0 Å². The van der Waals surface area contributed by atoms with E-state index in [1.807, 2.05) is 26.8 Å². The van der Waals surface area contributed by atoms with E-state index in [1.54, 1.807) is 18.0 Å². The molecular formula is C14H23NO3S. The van der Waals surface area contributed by atoms with Crippen molar-refractivity contribution in [2.75, 3.05) is 13.7 Å². The van der Waals surface area contributed by atoms with Gasteiger partial charge in [-0.05, 0) is 32.9 Å². The van der Waals surface area contributed by atoms with Crippen LogP contribution in [0.15, 0.2) is 21.6 Å². The van der Waals surface area contributed by atoms with Gasteiger partial charge in [-0.3, -0.25) is 4.79 Å². The second-order valence-electron chi connectivity index (χ2n) is 4.83. The summed E-state index contributed by atoms with van der Waals surface area (Å²) in [7, 11) is 1.43. The molecule has 0 aliphatic rings. The number of rotatable bonds is 7. The van der Waals surface area contributed by atoms with Crippen LogP contribution < -0.4 is 5.32 Å². The van der Waals surface area contributed by atoms with Crippen LogP contribution in [0, 0.1) is 6.92 Å². The van der Waals surface area contributed by atoms with Crippen molar-refractivity contribution in [3.05, 3.63) is 18.1 Å². The molecule has 19 heavy (non-hydrogen) atoms. The number of carbonyl (C=O) groups excluding carboxylic acids is 1. The number of likely N-dealkylation sites (N-methyl/N-ethyl adjacent to an activating group) is 1. The second kappa shape index (κ2) is 7.01. The highest BCUT2D eigenvalue weighted by Crippen LogP contribution is 2.31. The summed E-state index contributed by atoms with van der Waals surface area (Å²) in [6, 6.07) is 1.96. The van der Waals surface area contributed by atoms with Crippen molar-refractivity contribution in [1.29, 1.82) is 0 Å². The molecule has 108 valence electrons. The first-order valence-corrected chi connectivity index (χ1v) is 7.35. The molecule has 2 unspecified atom stereocenters. The Morgan fingerprint density at radius 2 is 2.32 bits per heavy atom. The number of carbonyl (C=O) groups is 1. The van der Waals surface area contributed by atoms with Gasteiger partial charge in [0.15, 0.2) is 0 Å². The molecule has 0 amide bonds. The van der Waals surface area contributed by atoms with E-state index in [1.165, 1.54) is 7.11 Å². The Balaban J connectivity index is 2.69. The zero-order valence-electron chi connectivity index (χ0n) is 12.3. The van der Waals surface area contributed by atoms with Gasteiger partial charge in [0.25, 0.3) is 0 Å². The molecule has 0 aliphatic heterocycles. The summed E-state index contributed by atoms with van der Waals surface area (Å²) in [4.78, 5) is 13.0. The molecule has 1 aromatic rings. The minimum Gasteiger partial charge on any atom is -0.468 e. The van der Waals surface area contributed by atoms with Gasteiger partial charge < -0.3 is 14.5 Å². The normalized spacial score (nSPS) is 15.8. The van der Waals surface area contributed by atoms with Crippen molar-refractivity contribution < 1.29 is 13.9 Å². The van der Waals surface area contributed by atoms with Gasteiger partial charge in [0.05, 0.1) is 13.4 Å². The van der Waals surface area contributed by atoms with Crippen LogP contribution in [0.2, 0.25) is 0 Å². The maximum atomic E-state index is 11.9. The van der Waals surface area contributed by atoms with E-state index in [0.29, 0.717) is 6.42 Å². The number of hydrogen-bond donors (Lipinski definition) is 1. The van der Waals surface area contributed by atoms with Crippen LogP contribution in [0.3, 0.4) is 0 Å². The number of ether oxygens (including phenoxy) is 1. The third-order valence-electron chi connectivity index (χ3n) is 3.04. The molecule has 0 saturated carbocycles. The highest BCUT2D eigenvalue weighted by atomic mass is 32.2. The predicted octanol–water partition coefficient (Wildman–Crippen LogP) is 3.00. The molecule has 1 N–H and O–H groups in total. The highest BCUT2D eigenvalue weighted by molar-refractivity contribution is 8.00. The lowest BCUT2D eigenvalue weighted by Crippen LogP contribution is -2.51. The van der Waals surface area contributed by atoms with E-state index in [-0.39, 0.29) is 11.2 Å². The Morgan fingerprint density at radius 3 is 2.79 bits per heavy atom. The molecule has 4 nitrogen and oxygen atoms in total. The molecule has 0 aliphatic carbocycles. The Bertz CT molecular complexity index is 419. The molecule has 0 radical (unpaired) electrons. The average molecular weight is 285 g/mol. The molecule has 0 bridgehead atoms. The number of furan rings is 1. The number of thioether (sulfide) groups is 1. The van der Waals surface area contributed by atoms with Crippen molar-refractivity contribution in [1.82, 2.24) is 5.32 Å². The van der Waals surface area contributed by atoms with E-state index in [0.717, 1.165) is 17.2 Å². The van der Waals surface area contributed by atoms with Gasteiger partial charge in [0.2, 0.25) is 0 Å². The first-order chi connectivity index (χ1) is 8.92. The zero-order chi connectivity index (χ0) is 14.5. The average Bonchev–Trinajstić information content (AvgIpc) is 2.74. The molecule has 5 heteroatoms. The smallest absolute Gasteiger partial charge is 0.325 e. The molecule has 0 saturated heterocycles. The molecule has 1 aromatic heterocycles. The minimum atomic E-state index is -0.645. The highest BCUT2D eigenvalue weighted by Gasteiger charge is 2.35. The summed E-state index contributed by atoms with van der Waals surface area (Å²) in [6.07, 6.45) is 2.39. The van der Waals surface area contributed by atoms with Gasteiger partial charge >= 0.3 is 5.97 Å². The van der Waals surface area contributed by atoms with Crippen molar-refractivity contribution in [3.63, 3.8) is 0 Å². The third-order valence-corrected chi connectivity index (χ3v) is 4.28. The van der Waals surface area contributed by atoms with Crippen LogP contribution in [-0.4, -0.2) is 30.4 Å². The van der Waals surface area contributed by atoms with E-state index < -0.39 is 5.54 Å². The summed E-state index contributed by atoms with van der Waals surface area (Å²) in [5.74, 6) is 0.700. The zero-order valence-corrected chi connectivity index (χ0v) is 13.1. The van der Waals surface area contributed by atoms with Crippen LogP contribution in [-0.2, 0) is 9.53 Å². The molecule has 0 spiro atoms. The van der Waals surface area contributed by atoms with Gasteiger partial charge in [-0.2, -0.15) is 0 Å². The number of methoxy groups -OCH3 is 1. The summed E-state index contributed by atoms with van der Waals surface area (Å²) < 4.78 is 10.2. The molecule has 2 atom stereocenters. The van der Waals surface area contributed by atoms with Crippen molar-refractivity contribution in [3.8, 4) is 0 Å². The quantitative estimate of drug-likeness (QED) is 0.616. The van der Waals surface area contributed by atoms with Crippen LogP contribution in [0.4, 0.5) is 0 Å². The molecule has 0 fully saturated rings. The fraction of sp³-hybridized carbons (Fsp3) is 0.643. The summed E-state index contributed by atoms with van der Waals surface area (Å²) in [5, 5.41) is 3.50. The maximum Gasteiger partial charge on any atom is 0.325 e. The lowest BCUT2D eigenvalue weighted by molar-refractivity contribution is -0.148. The fourth-order valence-electron chi connectivity index (χ4n) is 2.17. The first-order valence-electron chi connectivity index (χ1n) is 6.47. The topological polar surface area (TPSA) is 51.5 Å². The standard InChI is InChI=1S/C14H23NO3S/c1-6-15-14(4,13(16)17-5)9-10(2)19-12-7-8-18-11(12)3/h7-8,10,15H,6,9H2,1-5H3. The number of hydrogen-bond acceptors (Lipinski definition) is 5. The first kappa shape index (κ1) is 16.1. The predicted molar refractivity (Wildman–Crippen MR) is 77.5 cm³/mol. The van der Waals surface area contributed by atoms with Crippen LogP contribution >= 0.6 is 11.8 Å². The SMILES string of the molecule is CCNC(C)(CC(C)Sc1ccoc1C)C(=O)OC. The van der Waals surface area contributed by atoms with E-state index >= 15 is 0 Å². The lowest BCUT2D eigenvalue weighted by atomic mass is 9.96. The van der Waals surface area contributed by atoms with Gasteiger partial charge in [0.1, 0.15) is 11.3 Å². The Kier molecular flexibility index (Phi) is 5.94. The van der Waals surface area contributed by atoms with Gasteiger partial charge in [-0.1, -0.05) is 13.8 Å². The number of nitrogens with one attached hydrogen (secondary N) is 1. The fourth-order valence-corrected chi connectivity index (χ4v) is 3.37. The van der Waals surface area contributed by atoms with E-state index in [2.05, 4.69) is 12.2 Å². The third kappa shape index (κ3) is 4.28. The minimum absolute atomic E-state index is 0.217. The van der Waals surface area contributed by atoms with Crippen LogP contribution in [0.5, 0.6) is 0 Å². The number of esters is 1. The molecule has 1 rings (SSSR count). The van der Waals surface area contributed by atoms with Crippen LogP contribution in [0.25, 0.3) is 0 Å². The number of aryl methyl sites for hydroxylation is 1. The largest absolute Gasteiger partial charge is 0.468 e. The Hall–Kier alpha value is -0.940. The second-order valence-corrected chi connectivity index (χ2v) is 6.31. The monoisotopic (exact) mass is 285 g/mol. The molecule has 0 aromatic carbocycles. The Morgan fingerprint density at radius 1 is 1.63 bits per heavy atom. The summed E-state index contributed by atoms with van der Waals surface area (Å²) in [6.45, 7) is 8.66. The van der Waals surface area contributed by atoms with Crippen molar-refractivity contribution >= 4 is 17.7 Å². The molecular weight excluding hydrogens is 262 g/mol. The van der Waals surface area contributed by atoms with E-state index in [4.69, 9.17) is 9.15 Å². The summed E-state index contributed by atoms with van der Waals surface area (Å²) >= 11 is 1.72. The maximum absolute atomic E-state index is 11.9. The Labute approximate surface area is 119 Å².